The molecule has 1 aromatic heterocycles. The highest BCUT2D eigenvalue weighted by atomic mass is 16.5. The SMILES string of the molecule is CC(=O)c1ccc(C)cc1OCc1cccc(C)n1. The molecule has 0 N–H and O–H groups in total. The van der Waals surface area contributed by atoms with Crippen LogP contribution in [0.15, 0.2) is 36.4 Å². The molecular formula is C16H17NO2. The molecule has 1 aromatic carbocycles. The summed E-state index contributed by atoms with van der Waals surface area (Å²) in [6.07, 6.45) is 0. The number of carbonyl (C=O) groups excluding carboxylic acids is 1. The zero-order valence-corrected chi connectivity index (χ0v) is 11.4. The van der Waals surface area contributed by atoms with E-state index in [1.807, 2.05) is 44.2 Å². The van der Waals surface area contributed by atoms with Crippen LogP contribution in [0, 0.1) is 13.8 Å². The van der Waals surface area contributed by atoms with Gasteiger partial charge in [0.15, 0.2) is 5.78 Å². The lowest BCUT2D eigenvalue weighted by Gasteiger charge is -2.10. The number of benzene rings is 1. The number of carbonyl (C=O) groups is 1. The van der Waals surface area contributed by atoms with E-state index < -0.39 is 0 Å². The molecule has 0 aliphatic heterocycles. The fourth-order valence-corrected chi connectivity index (χ4v) is 1.87. The van der Waals surface area contributed by atoms with E-state index in [0.717, 1.165) is 17.0 Å². The number of aryl methyl sites for hydroxylation is 2. The number of hydrogen-bond acceptors (Lipinski definition) is 3. The molecule has 98 valence electrons. The molecule has 0 aliphatic carbocycles. The topological polar surface area (TPSA) is 39.2 Å². The number of ketones is 1. The maximum Gasteiger partial charge on any atom is 0.163 e. The second-order valence-electron chi connectivity index (χ2n) is 4.61. The van der Waals surface area contributed by atoms with Crippen LogP contribution < -0.4 is 4.74 Å². The third-order valence-corrected chi connectivity index (χ3v) is 2.84. The minimum Gasteiger partial charge on any atom is -0.487 e. The summed E-state index contributed by atoms with van der Waals surface area (Å²) in [6, 6.07) is 11.4. The monoisotopic (exact) mass is 255 g/mol. The van der Waals surface area contributed by atoms with Crippen molar-refractivity contribution in [2.24, 2.45) is 0 Å². The third-order valence-electron chi connectivity index (χ3n) is 2.84. The molecule has 3 heteroatoms. The first-order chi connectivity index (χ1) is 9.06. The average molecular weight is 255 g/mol. The molecular weight excluding hydrogens is 238 g/mol. The Balaban J connectivity index is 2.19. The van der Waals surface area contributed by atoms with Gasteiger partial charge in [-0.25, -0.2) is 0 Å². The van der Waals surface area contributed by atoms with Gasteiger partial charge in [-0.3, -0.25) is 9.78 Å². The second-order valence-corrected chi connectivity index (χ2v) is 4.61. The van der Waals surface area contributed by atoms with E-state index in [9.17, 15) is 4.79 Å². The molecule has 0 saturated carbocycles. The van der Waals surface area contributed by atoms with Crippen LogP contribution in [0.3, 0.4) is 0 Å². The molecule has 0 fully saturated rings. The van der Waals surface area contributed by atoms with E-state index >= 15 is 0 Å². The molecule has 0 aliphatic rings. The van der Waals surface area contributed by atoms with E-state index in [1.165, 1.54) is 0 Å². The summed E-state index contributed by atoms with van der Waals surface area (Å²) in [7, 11) is 0. The Labute approximate surface area is 113 Å². The van der Waals surface area contributed by atoms with Gasteiger partial charge in [0.25, 0.3) is 0 Å². The fourth-order valence-electron chi connectivity index (χ4n) is 1.87. The minimum absolute atomic E-state index is 0.00667. The Morgan fingerprint density at radius 2 is 2.00 bits per heavy atom. The van der Waals surface area contributed by atoms with Gasteiger partial charge in [0, 0.05) is 5.69 Å². The summed E-state index contributed by atoms with van der Waals surface area (Å²) in [5.74, 6) is 0.628. The lowest BCUT2D eigenvalue weighted by atomic mass is 10.1. The smallest absolute Gasteiger partial charge is 0.163 e. The van der Waals surface area contributed by atoms with Gasteiger partial charge in [-0.05, 0) is 50.6 Å². The fraction of sp³-hybridized carbons (Fsp3) is 0.250. The van der Waals surface area contributed by atoms with Crippen LogP contribution in [0.5, 0.6) is 5.75 Å². The first-order valence-electron chi connectivity index (χ1n) is 6.23. The Hall–Kier alpha value is -2.16. The van der Waals surface area contributed by atoms with Gasteiger partial charge in [-0.15, -0.1) is 0 Å². The quantitative estimate of drug-likeness (QED) is 0.785. The molecule has 0 spiro atoms. The largest absolute Gasteiger partial charge is 0.487 e. The van der Waals surface area contributed by atoms with Gasteiger partial charge in [0.2, 0.25) is 0 Å². The normalized spacial score (nSPS) is 10.3. The van der Waals surface area contributed by atoms with Crippen LogP contribution in [0.2, 0.25) is 0 Å². The predicted octanol–water partition coefficient (Wildman–Crippen LogP) is 3.48. The molecule has 0 unspecified atom stereocenters. The zero-order chi connectivity index (χ0) is 13.8. The average Bonchev–Trinajstić information content (AvgIpc) is 2.36. The van der Waals surface area contributed by atoms with Gasteiger partial charge in [-0.1, -0.05) is 12.1 Å². The molecule has 19 heavy (non-hydrogen) atoms. The van der Waals surface area contributed by atoms with Crippen molar-refractivity contribution in [3.63, 3.8) is 0 Å². The Kier molecular flexibility index (Phi) is 3.95. The second kappa shape index (κ2) is 5.65. The summed E-state index contributed by atoms with van der Waals surface area (Å²) in [6.45, 7) is 5.83. The number of aromatic nitrogens is 1. The van der Waals surface area contributed by atoms with Gasteiger partial charge in [0.05, 0.1) is 11.3 Å². The summed E-state index contributed by atoms with van der Waals surface area (Å²) in [5.41, 5.74) is 3.49. The maximum atomic E-state index is 11.5. The summed E-state index contributed by atoms with van der Waals surface area (Å²) in [5, 5.41) is 0. The zero-order valence-electron chi connectivity index (χ0n) is 11.4. The van der Waals surface area contributed by atoms with E-state index in [0.29, 0.717) is 17.9 Å². The van der Waals surface area contributed by atoms with E-state index in [1.54, 1.807) is 13.0 Å². The first kappa shape index (κ1) is 13.3. The van der Waals surface area contributed by atoms with Crippen LogP contribution in [0.25, 0.3) is 0 Å². The highest BCUT2D eigenvalue weighted by Crippen LogP contribution is 2.21. The van der Waals surface area contributed by atoms with Crippen molar-refractivity contribution in [3.05, 3.63) is 58.9 Å². The Morgan fingerprint density at radius 3 is 2.68 bits per heavy atom. The first-order valence-corrected chi connectivity index (χ1v) is 6.23. The van der Waals surface area contributed by atoms with Crippen molar-refractivity contribution in [3.8, 4) is 5.75 Å². The van der Waals surface area contributed by atoms with Gasteiger partial charge >= 0.3 is 0 Å². The predicted molar refractivity (Wildman–Crippen MR) is 74.5 cm³/mol. The van der Waals surface area contributed by atoms with E-state index in [2.05, 4.69) is 4.98 Å². The van der Waals surface area contributed by atoms with E-state index in [4.69, 9.17) is 4.74 Å². The molecule has 0 saturated heterocycles. The maximum absolute atomic E-state index is 11.5. The molecule has 0 radical (unpaired) electrons. The van der Waals surface area contributed by atoms with Crippen molar-refractivity contribution in [1.82, 2.24) is 4.98 Å². The Morgan fingerprint density at radius 1 is 1.21 bits per heavy atom. The summed E-state index contributed by atoms with van der Waals surface area (Å²) < 4.78 is 5.74. The van der Waals surface area contributed by atoms with Crippen molar-refractivity contribution < 1.29 is 9.53 Å². The number of pyridine rings is 1. The van der Waals surface area contributed by atoms with Crippen molar-refractivity contribution in [2.75, 3.05) is 0 Å². The molecule has 1 heterocycles. The standard InChI is InChI=1S/C16H17NO2/c1-11-7-8-15(13(3)18)16(9-11)19-10-14-6-4-5-12(2)17-14/h4-9H,10H2,1-3H3. The van der Waals surface area contributed by atoms with Gasteiger partial charge < -0.3 is 4.74 Å². The van der Waals surface area contributed by atoms with Crippen LogP contribution in [-0.4, -0.2) is 10.8 Å². The molecule has 0 amide bonds. The van der Waals surface area contributed by atoms with Crippen LogP contribution in [0.1, 0.15) is 34.2 Å². The number of nitrogens with zero attached hydrogens (tertiary/aromatic N) is 1. The highest BCUT2D eigenvalue weighted by molar-refractivity contribution is 5.96. The third kappa shape index (κ3) is 3.41. The highest BCUT2D eigenvalue weighted by Gasteiger charge is 2.09. The van der Waals surface area contributed by atoms with Gasteiger partial charge in [0.1, 0.15) is 12.4 Å². The van der Waals surface area contributed by atoms with E-state index in [-0.39, 0.29) is 5.78 Å². The van der Waals surface area contributed by atoms with Crippen LogP contribution in [-0.2, 0) is 6.61 Å². The van der Waals surface area contributed by atoms with Crippen molar-refractivity contribution >= 4 is 5.78 Å². The van der Waals surface area contributed by atoms with Crippen LogP contribution >= 0.6 is 0 Å². The van der Waals surface area contributed by atoms with Gasteiger partial charge in [-0.2, -0.15) is 0 Å². The molecule has 2 aromatic rings. The number of ether oxygens (including phenoxy) is 1. The summed E-state index contributed by atoms with van der Waals surface area (Å²) >= 11 is 0. The van der Waals surface area contributed by atoms with Crippen molar-refractivity contribution in [2.45, 2.75) is 27.4 Å². The molecule has 0 atom stereocenters. The lowest BCUT2D eigenvalue weighted by molar-refractivity contribution is 0.101. The molecule has 2 rings (SSSR count). The lowest BCUT2D eigenvalue weighted by Crippen LogP contribution is -2.03. The Bertz CT molecular complexity index is 605. The summed E-state index contributed by atoms with van der Waals surface area (Å²) in [4.78, 5) is 15.9. The number of hydrogen-bond donors (Lipinski definition) is 0. The van der Waals surface area contributed by atoms with Crippen molar-refractivity contribution in [1.29, 1.82) is 0 Å². The number of rotatable bonds is 4. The number of Topliss-reactive ketones (excluding diaryl/α,β-unsaturated/α-hetero) is 1. The molecule has 3 nitrogen and oxygen atoms in total. The molecule has 0 bridgehead atoms. The minimum atomic E-state index is 0.00667. The van der Waals surface area contributed by atoms with Crippen LogP contribution in [0.4, 0.5) is 0 Å².